The first-order chi connectivity index (χ1) is 48.2. The number of aromatic hydroxyl groups is 2. The van der Waals surface area contributed by atoms with E-state index in [1.807, 2.05) is 37.3 Å². The number of hydrogen-bond donors (Lipinski definition) is 7. The molecular weight excluding hydrogens is 1940 g/mol. The fourth-order valence-electron chi connectivity index (χ4n) is 22.1. The second kappa shape index (κ2) is 40.3. The topological polar surface area (TPSA) is 329 Å². The normalized spacial score (nSPS) is 35.7. The number of ketones is 1. The molecule has 586 valence electrons. The molecule has 7 N–H and O–H groups in total. The number of aryl methyl sites for hydroxylation is 6. The summed E-state index contributed by atoms with van der Waals surface area (Å²) in [6.07, 6.45) is 19.9. The molecule has 0 heterocycles. The van der Waals surface area contributed by atoms with Crippen molar-refractivity contribution in [3.63, 3.8) is 0 Å². The Bertz CT molecular complexity index is 4060. The fraction of sp³-hybridized carbons (Fsp3) is 0.610. The van der Waals surface area contributed by atoms with Crippen molar-refractivity contribution in [3.8, 4) is 11.5 Å². The molecule has 25 heteroatoms. The Balaban J connectivity index is 0.000000285. The molecule has 6 saturated carbocycles. The van der Waals surface area contributed by atoms with E-state index in [0.717, 1.165) is 83.5 Å². The Kier molecular flexibility index (Phi) is 36.4. The molecule has 6 fully saturated rings. The first-order valence-corrected chi connectivity index (χ1v) is 52.5. The molecule has 0 bridgehead atoms. The van der Waals surface area contributed by atoms with Crippen molar-refractivity contribution in [1.29, 1.82) is 0 Å². The Morgan fingerprint density at radius 1 is 0.533 bits per heavy atom. The van der Waals surface area contributed by atoms with Gasteiger partial charge < -0.3 is 56.8 Å². The third-order valence-corrected chi connectivity index (χ3v) is 26.5. The molecule has 0 saturated heterocycles. The second-order valence-electron chi connectivity index (χ2n) is 31.8. The summed E-state index contributed by atoms with van der Waals surface area (Å²) in [6.45, 7) is 15.6. The molecule has 23 atom stereocenters. The Morgan fingerprint density at radius 2 is 0.897 bits per heavy atom. The van der Waals surface area contributed by atoms with E-state index in [1.54, 1.807) is 17.2 Å². The molecule has 4 aromatic carbocycles. The number of fused-ring (bicyclic) bond motifs is 20. The Morgan fingerprint density at radius 3 is 1.34 bits per heavy atom. The second-order valence-corrected chi connectivity index (χ2v) is 50.6. The summed E-state index contributed by atoms with van der Waals surface area (Å²) in [5.41, 5.74) is 13.1. The van der Waals surface area contributed by atoms with E-state index < -0.39 is 56.9 Å². The van der Waals surface area contributed by atoms with Crippen LogP contribution in [-0.4, -0.2) is 103 Å². The van der Waals surface area contributed by atoms with Crippen molar-refractivity contribution in [2.75, 3.05) is 0 Å². The molecule has 16 rings (SSSR count). The Hall–Kier alpha value is -0.901. The standard InChI is InChI=1S/C21H28O4.C21H26O2.C18H24O4.C18H20O2.CH2O3.3CH4.I3.2K.4O.Os.H/c1-11-4-6-14-13(10-11)5-7-16-15(14)8-9-21(3)17(16)18(23)19(24)20(21)25-12(2)22;1-13-4-6-16-15(12-13)5-7-18-17(16)10-11-21(3)19(18)8-9-20(21)23-14(2)22;1-18-7-6-12-11-5-3-10(19)8-9(11)2-4-13(12)14(18)15(20)16(21)17(18)22;1-18-9-8-14-13-5-3-12(19)10-11(13)2-4-15(14)16(18)6-7-17(18)20;2-1-4-3;;;;1-3-2;;;;;;;;/h4,6,10,15-20,23-24H,5,7-9H2,1-3H3;4,6,8-9,12,17-20H,5,7,10-11H2,1-3H3;3,5,8,12-17,19-22H,2,4,6-7H2,1H3;3,5-7,10,14-16,19H,2,4,8-9H2,1H3;1,3H;3*1H4;;;;;;;;;/q;;;;;;;;-1;2*+1;;;;;;-1/p-1/t15?,16?,17?,18-,19-,20?,21-;17?,18?,19?,20?,21-;12?,13?,14?,15-,16-,17?,18-;14?,15?,16?,18-;;;;;;;;;;;;;/m0000............./s1. The number of aliphatic hydroxyl groups excluding tert-OH is 5. The van der Waals surface area contributed by atoms with Gasteiger partial charge in [0.25, 0.3) is 6.47 Å². The average Bonchev–Trinajstić information content (AvgIpc) is 1.54. The van der Waals surface area contributed by atoms with Crippen LogP contribution < -0.4 is 121 Å². The minimum atomic E-state index is -6.06. The van der Waals surface area contributed by atoms with Gasteiger partial charge in [-0.3, -0.25) is 19.2 Å². The molecule has 0 aliphatic heterocycles. The predicted molar refractivity (Wildman–Crippen MR) is 404 cm³/mol. The van der Waals surface area contributed by atoms with Crippen LogP contribution in [0.15, 0.2) is 97.1 Å². The van der Waals surface area contributed by atoms with Gasteiger partial charge in [0, 0.05) is 35.5 Å². The van der Waals surface area contributed by atoms with E-state index in [1.165, 1.54) is 77.6 Å². The summed E-state index contributed by atoms with van der Waals surface area (Å²) >= 11 is -0.756. The number of phenols is 2. The third-order valence-electron chi connectivity index (χ3n) is 26.5. The number of halogens is 3. The number of phenolic OH excluding ortho intramolecular Hbond substituents is 2. The van der Waals surface area contributed by atoms with Crippen LogP contribution in [0.1, 0.15) is 222 Å². The van der Waals surface area contributed by atoms with Crippen LogP contribution in [0, 0.1) is 82.9 Å². The van der Waals surface area contributed by atoms with Crippen LogP contribution in [-0.2, 0) is 88.2 Å². The van der Waals surface area contributed by atoms with E-state index in [9.17, 15) is 50.1 Å². The van der Waals surface area contributed by atoms with E-state index in [-0.39, 0.29) is 185 Å². The van der Waals surface area contributed by atoms with Gasteiger partial charge in [0.05, 0.1) is 18.3 Å². The predicted octanol–water partition coefficient (Wildman–Crippen LogP) is 5.19. The average molecular weight is 2050 g/mol. The molecule has 0 amide bonds. The monoisotopic (exact) mass is 2050 g/mol. The maximum absolute atomic E-state index is 12.2. The van der Waals surface area contributed by atoms with Crippen LogP contribution >= 0.6 is 37.2 Å². The van der Waals surface area contributed by atoms with Gasteiger partial charge in [-0.15, -0.1) is 0 Å². The van der Waals surface area contributed by atoms with Gasteiger partial charge in [0.1, 0.15) is 35.9 Å². The molecular formula is C82H112I3K2O19Os-. The summed E-state index contributed by atoms with van der Waals surface area (Å²) in [5.74, 6) is 5.28. The van der Waals surface area contributed by atoms with Gasteiger partial charge in [-0.05, 0) is 269 Å². The van der Waals surface area contributed by atoms with Crippen LogP contribution in [0.3, 0.4) is 0 Å². The first kappa shape index (κ1) is 96.7. The molecule has 107 heavy (non-hydrogen) atoms. The zero-order valence-electron chi connectivity index (χ0n) is 62.1. The van der Waals surface area contributed by atoms with Crippen LogP contribution in [0.4, 0.5) is 0 Å². The third kappa shape index (κ3) is 20.4. The Labute approximate surface area is 751 Å². The number of carbonyl (C=O) groups excluding carboxylic acids is 4. The van der Waals surface area contributed by atoms with Crippen molar-refractivity contribution in [3.05, 3.63) is 153 Å². The van der Waals surface area contributed by atoms with E-state index in [4.69, 9.17) is 33.7 Å². The minimum absolute atomic E-state index is 0. The van der Waals surface area contributed by atoms with Crippen molar-refractivity contribution in [2.45, 2.75) is 247 Å². The maximum atomic E-state index is 12.2. The van der Waals surface area contributed by atoms with Crippen molar-refractivity contribution in [1.82, 2.24) is 0 Å². The van der Waals surface area contributed by atoms with Gasteiger partial charge >= 0.3 is 194 Å². The molecule has 0 radical (unpaired) electrons. The molecule has 19 nitrogen and oxygen atoms in total. The summed E-state index contributed by atoms with van der Waals surface area (Å²) < 4.78 is 45.6. The molecule has 0 spiro atoms. The van der Waals surface area contributed by atoms with Crippen molar-refractivity contribution >= 4 is 61.4 Å². The van der Waals surface area contributed by atoms with E-state index in [2.05, 4.69) is 137 Å². The number of allylic oxidation sites excluding steroid dienone is 3. The summed E-state index contributed by atoms with van der Waals surface area (Å²) in [7, 11) is 0. The van der Waals surface area contributed by atoms with Crippen LogP contribution in [0.5, 0.6) is 11.5 Å². The summed E-state index contributed by atoms with van der Waals surface area (Å²) in [5, 5.41) is 80.3. The molecule has 0 aromatic heterocycles. The number of carbonyl (C=O) groups is 4. The molecule has 4 aromatic rings. The fourth-order valence-corrected chi connectivity index (χ4v) is 22.1. The number of hydrogen-bond acceptors (Lipinski definition) is 19. The summed E-state index contributed by atoms with van der Waals surface area (Å²) in [4.78, 5) is 46.4. The zero-order chi connectivity index (χ0) is 74.3. The number of ether oxygens (including phenoxy) is 2. The number of esters is 2. The zero-order valence-corrected chi connectivity index (χ0v) is 76.4. The number of aliphatic hydroxyl groups is 5. The summed E-state index contributed by atoms with van der Waals surface area (Å²) in [6, 6.07) is 25.2. The van der Waals surface area contributed by atoms with Gasteiger partial charge in [0.15, 0.2) is 5.78 Å². The van der Waals surface area contributed by atoms with Crippen LogP contribution in [0.2, 0.25) is 0 Å². The van der Waals surface area contributed by atoms with Gasteiger partial charge in [-0.1, -0.05) is 122 Å². The number of rotatable bonds is 3. The van der Waals surface area contributed by atoms with E-state index >= 15 is 0 Å². The van der Waals surface area contributed by atoms with Gasteiger partial charge in [-0.2, -0.15) is 0 Å². The van der Waals surface area contributed by atoms with Crippen LogP contribution in [0.25, 0.3) is 0 Å². The first-order valence-electron chi connectivity index (χ1n) is 35.8. The quantitative estimate of drug-likeness (QED) is 0.0264. The molecule has 12 aliphatic rings. The molecule has 12 aliphatic carbocycles. The van der Waals surface area contributed by atoms with Gasteiger partial charge in [0.2, 0.25) is 0 Å². The molecule has 15 unspecified atom stereocenters. The van der Waals surface area contributed by atoms with Gasteiger partial charge in [-0.25, -0.2) is 0 Å². The van der Waals surface area contributed by atoms with E-state index in [0.29, 0.717) is 83.8 Å². The van der Waals surface area contributed by atoms with Crippen molar-refractivity contribution < 1.29 is 221 Å². The SMILES string of the molecule is C.C.C.CC(=O)OC1C=CC2C3CCc4cc(C)ccc4C3CC[C@]12C.CC(=O)OC1[C@@H](O)[C@@H](O)C2C3CCc4cc(C)ccc4C3CC[C@]12C.C[C@]12CCC3c4ccc(O)cc4CCC3C1C=CC2=O.C[C@]12CCC3c4ccc(O)cc4CCC3C1[C@H](O)[C@H](O)C2O.I[I-]I.O=CO[O-].[H-].[K+].[K+].[O]=[Os](=[O])(=[O])=[O]. The number of benzene rings is 4. The van der Waals surface area contributed by atoms with Crippen molar-refractivity contribution in [2.24, 2.45) is 69.0 Å².